The van der Waals surface area contributed by atoms with Gasteiger partial charge in [0.15, 0.2) is 0 Å². The van der Waals surface area contributed by atoms with Crippen molar-refractivity contribution in [3.8, 4) is 10.4 Å². The Morgan fingerprint density at radius 3 is 2.24 bits per heavy atom. The van der Waals surface area contributed by atoms with Gasteiger partial charge in [0, 0.05) is 25.5 Å². The average Bonchev–Trinajstić information content (AvgIpc) is 3.11. The lowest BCUT2D eigenvalue weighted by molar-refractivity contribution is 1.28. The number of nitrogens with zero attached hydrogens (tertiary/aromatic N) is 1. The molecule has 0 saturated carbocycles. The van der Waals surface area contributed by atoms with E-state index < -0.39 is 0 Å². The number of hydrogen-bond donors (Lipinski definition) is 1. The van der Waals surface area contributed by atoms with Crippen LogP contribution in [-0.2, 0) is 0 Å². The molecule has 0 aliphatic carbocycles. The van der Waals surface area contributed by atoms with Crippen LogP contribution in [0.15, 0.2) is 81.9 Å². The van der Waals surface area contributed by atoms with E-state index in [1.807, 2.05) is 44.2 Å². The summed E-state index contributed by atoms with van der Waals surface area (Å²) in [7, 11) is 0. The molecule has 3 aromatic rings. The molecule has 2 N–H and O–H groups in total. The molecule has 2 aromatic carbocycles. The van der Waals surface area contributed by atoms with Crippen molar-refractivity contribution in [3.05, 3.63) is 87.3 Å². The van der Waals surface area contributed by atoms with E-state index in [1.165, 1.54) is 10.4 Å². The minimum atomic E-state index is 0.718. The summed E-state index contributed by atoms with van der Waals surface area (Å²) in [5.41, 5.74) is 10.8. The topological polar surface area (TPSA) is 38.4 Å². The number of allylic oxidation sites excluding steroid dienone is 1. The van der Waals surface area contributed by atoms with E-state index in [2.05, 4.69) is 52.3 Å². The van der Waals surface area contributed by atoms with Gasteiger partial charge in [-0.2, -0.15) is 0 Å². The van der Waals surface area contributed by atoms with Crippen LogP contribution in [0.25, 0.3) is 16.1 Å². The van der Waals surface area contributed by atoms with Crippen LogP contribution >= 0.6 is 27.3 Å². The molecular weight excluding hydrogens is 392 g/mol. The highest BCUT2D eigenvalue weighted by atomic mass is 79.9. The summed E-state index contributed by atoms with van der Waals surface area (Å²) in [6.45, 7) is 3.92. The Balaban J connectivity index is 1.92. The van der Waals surface area contributed by atoms with Crippen molar-refractivity contribution < 1.29 is 0 Å². The molecule has 1 heterocycles. The first-order valence-electron chi connectivity index (χ1n) is 7.98. The summed E-state index contributed by atoms with van der Waals surface area (Å²) in [4.78, 5) is 7.19. The second-order valence-corrected chi connectivity index (χ2v) is 7.77. The number of hydrogen-bond acceptors (Lipinski definition) is 3. The normalized spacial score (nSPS) is 12.8. The van der Waals surface area contributed by atoms with Gasteiger partial charge in [0.2, 0.25) is 0 Å². The van der Waals surface area contributed by atoms with Crippen LogP contribution in [0.2, 0.25) is 0 Å². The predicted octanol–water partition coefficient (Wildman–Crippen LogP) is 6.33. The minimum absolute atomic E-state index is 0.718. The lowest BCUT2D eigenvalue weighted by atomic mass is 10.1. The largest absolute Gasteiger partial charge is 0.401 e. The van der Waals surface area contributed by atoms with Gasteiger partial charge in [-0.25, -0.2) is 4.99 Å². The fourth-order valence-corrected chi connectivity index (χ4v) is 3.72. The van der Waals surface area contributed by atoms with Crippen molar-refractivity contribution in [1.82, 2.24) is 0 Å². The fraction of sp³-hybridized carbons (Fsp3) is 0.0952. The van der Waals surface area contributed by atoms with Crippen molar-refractivity contribution >= 4 is 38.7 Å². The Labute approximate surface area is 160 Å². The molecule has 25 heavy (non-hydrogen) atoms. The molecule has 3 rings (SSSR count). The summed E-state index contributed by atoms with van der Waals surface area (Å²) in [5, 5.41) is 0. The van der Waals surface area contributed by atoms with Gasteiger partial charge in [-0.05, 0) is 43.7 Å². The van der Waals surface area contributed by atoms with Gasteiger partial charge in [0.05, 0.1) is 11.4 Å². The number of benzene rings is 2. The molecule has 0 aliphatic heterocycles. The zero-order valence-electron chi connectivity index (χ0n) is 14.2. The first-order valence-corrected chi connectivity index (χ1v) is 9.59. The Morgan fingerprint density at radius 2 is 1.60 bits per heavy atom. The molecule has 2 nitrogen and oxygen atoms in total. The Hall–Kier alpha value is -2.17. The van der Waals surface area contributed by atoms with E-state index in [1.54, 1.807) is 11.3 Å². The van der Waals surface area contributed by atoms with Crippen LogP contribution in [0.5, 0.6) is 0 Å². The van der Waals surface area contributed by atoms with Crippen LogP contribution in [0, 0.1) is 0 Å². The van der Waals surface area contributed by atoms with Crippen molar-refractivity contribution in [2.45, 2.75) is 13.8 Å². The second-order valence-electron chi connectivity index (χ2n) is 5.77. The number of thiophene rings is 1. The zero-order valence-corrected chi connectivity index (χ0v) is 16.6. The summed E-state index contributed by atoms with van der Waals surface area (Å²) in [6.07, 6.45) is 0. The van der Waals surface area contributed by atoms with Gasteiger partial charge in [-0.3, -0.25) is 0 Å². The Morgan fingerprint density at radius 1 is 0.920 bits per heavy atom. The first kappa shape index (κ1) is 17.6. The molecule has 0 spiro atoms. The van der Waals surface area contributed by atoms with Crippen molar-refractivity contribution in [2.24, 2.45) is 10.7 Å². The van der Waals surface area contributed by atoms with E-state index in [4.69, 9.17) is 10.7 Å². The number of nitrogens with two attached hydrogens (primary N) is 1. The number of rotatable bonds is 4. The van der Waals surface area contributed by atoms with Crippen LogP contribution in [0.4, 0.5) is 0 Å². The molecule has 0 radical (unpaired) electrons. The maximum atomic E-state index is 6.08. The van der Waals surface area contributed by atoms with E-state index in [9.17, 15) is 0 Å². The van der Waals surface area contributed by atoms with E-state index >= 15 is 0 Å². The Bertz CT molecular complexity index is 918. The predicted molar refractivity (Wildman–Crippen MR) is 113 cm³/mol. The van der Waals surface area contributed by atoms with Crippen LogP contribution in [-0.4, -0.2) is 5.71 Å². The van der Waals surface area contributed by atoms with Crippen molar-refractivity contribution in [3.63, 3.8) is 0 Å². The molecular formula is C21H19BrN2S. The van der Waals surface area contributed by atoms with Crippen LogP contribution < -0.4 is 5.73 Å². The zero-order chi connectivity index (χ0) is 17.8. The van der Waals surface area contributed by atoms with Gasteiger partial charge in [0.25, 0.3) is 0 Å². The molecule has 0 aliphatic rings. The number of halogens is 1. The van der Waals surface area contributed by atoms with E-state index in [-0.39, 0.29) is 0 Å². The number of aliphatic imine (C=N–C) groups is 1. The summed E-state index contributed by atoms with van der Waals surface area (Å²) in [5.74, 6) is 0. The smallest absolute Gasteiger partial charge is 0.0889 e. The van der Waals surface area contributed by atoms with Gasteiger partial charge < -0.3 is 5.73 Å². The molecule has 0 saturated heterocycles. The first-order chi connectivity index (χ1) is 12.0. The second kappa shape index (κ2) is 7.81. The maximum Gasteiger partial charge on any atom is 0.0889 e. The lowest BCUT2D eigenvalue weighted by Crippen LogP contribution is -1.99. The average molecular weight is 411 g/mol. The highest BCUT2D eigenvalue weighted by molar-refractivity contribution is 9.10. The van der Waals surface area contributed by atoms with Crippen molar-refractivity contribution in [1.29, 1.82) is 0 Å². The van der Waals surface area contributed by atoms with Gasteiger partial charge in [0.1, 0.15) is 0 Å². The van der Waals surface area contributed by atoms with Gasteiger partial charge >= 0.3 is 0 Å². The highest BCUT2D eigenvalue weighted by Gasteiger charge is 2.08. The summed E-state index contributed by atoms with van der Waals surface area (Å²) >= 11 is 5.22. The van der Waals surface area contributed by atoms with E-state index in [0.29, 0.717) is 0 Å². The summed E-state index contributed by atoms with van der Waals surface area (Å²) in [6, 6.07) is 22.7. The van der Waals surface area contributed by atoms with Crippen LogP contribution in [0.3, 0.4) is 0 Å². The monoisotopic (exact) mass is 410 g/mol. The van der Waals surface area contributed by atoms with Crippen molar-refractivity contribution in [2.75, 3.05) is 0 Å². The minimum Gasteiger partial charge on any atom is -0.401 e. The molecule has 126 valence electrons. The maximum absolute atomic E-state index is 6.08. The molecule has 1 aromatic heterocycles. The van der Waals surface area contributed by atoms with E-state index in [0.717, 1.165) is 32.0 Å². The molecule has 0 fully saturated rings. The highest BCUT2D eigenvalue weighted by Crippen LogP contribution is 2.30. The third-order valence-corrected chi connectivity index (χ3v) is 5.56. The standard InChI is InChI=1S/C21H19BrN2S/c1-14(23)21(17-6-4-3-5-7-17)24-15(2)19-12-13-20(25-19)16-8-10-18(22)11-9-16/h3-13H,23H2,1-2H3/b21-14-,24-15+. The molecule has 0 unspecified atom stereocenters. The Kier molecular flexibility index (Phi) is 5.51. The summed E-state index contributed by atoms with van der Waals surface area (Å²) < 4.78 is 1.09. The fourth-order valence-electron chi connectivity index (χ4n) is 2.50. The lowest BCUT2D eigenvalue weighted by Gasteiger charge is -2.06. The third-order valence-electron chi connectivity index (χ3n) is 3.79. The molecule has 0 atom stereocenters. The molecule has 0 amide bonds. The quantitative estimate of drug-likeness (QED) is 0.500. The third kappa shape index (κ3) is 4.27. The SMILES string of the molecule is C/C(N)=C(/N=C(\C)c1ccc(-c2ccc(Br)cc2)s1)c1ccccc1. The van der Waals surface area contributed by atoms with Gasteiger partial charge in [-0.15, -0.1) is 11.3 Å². The van der Waals surface area contributed by atoms with Crippen LogP contribution in [0.1, 0.15) is 24.3 Å². The molecule has 0 bridgehead atoms. The van der Waals surface area contributed by atoms with Gasteiger partial charge in [-0.1, -0.05) is 58.4 Å². The molecule has 4 heteroatoms.